The summed E-state index contributed by atoms with van der Waals surface area (Å²) in [6.07, 6.45) is 0.389. The Bertz CT molecular complexity index is 477. The summed E-state index contributed by atoms with van der Waals surface area (Å²) < 4.78 is 30.1. The summed E-state index contributed by atoms with van der Waals surface area (Å²) >= 11 is 0. The van der Waals surface area contributed by atoms with Crippen molar-refractivity contribution >= 4 is 11.9 Å². The number of ether oxygens (including phenoxy) is 1. The van der Waals surface area contributed by atoms with Gasteiger partial charge in [0.15, 0.2) is 11.6 Å². The number of halogens is 2. The van der Waals surface area contributed by atoms with Crippen LogP contribution < -0.4 is 0 Å². The van der Waals surface area contributed by atoms with Crippen LogP contribution in [0.1, 0.15) is 12.0 Å². The van der Waals surface area contributed by atoms with Gasteiger partial charge in [-0.15, -0.1) is 0 Å². The third-order valence-electron chi connectivity index (χ3n) is 2.63. The highest BCUT2D eigenvalue weighted by Crippen LogP contribution is 2.11. The fourth-order valence-corrected chi connectivity index (χ4v) is 1.48. The lowest BCUT2D eigenvalue weighted by Gasteiger charge is -2.15. The fourth-order valence-electron chi connectivity index (χ4n) is 1.48. The quantitative estimate of drug-likeness (QED) is 0.763. The van der Waals surface area contributed by atoms with E-state index in [9.17, 15) is 18.4 Å². The van der Waals surface area contributed by atoms with E-state index in [1.165, 1.54) is 25.1 Å². The van der Waals surface area contributed by atoms with Crippen LogP contribution in [0.15, 0.2) is 18.2 Å². The first-order valence-corrected chi connectivity index (χ1v) is 5.68. The van der Waals surface area contributed by atoms with Crippen LogP contribution in [-0.2, 0) is 20.7 Å². The first kappa shape index (κ1) is 15.1. The SMILES string of the molecule is COC(=O)CN(C)C(=O)CCc1ccc(F)c(F)c1. The van der Waals surface area contributed by atoms with Crippen LogP contribution in [0.3, 0.4) is 0 Å². The van der Waals surface area contributed by atoms with Crippen molar-refractivity contribution in [1.82, 2.24) is 4.90 Å². The van der Waals surface area contributed by atoms with E-state index in [0.29, 0.717) is 5.56 Å². The highest BCUT2D eigenvalue weighted by molar-refractivity contribution is 5.81. The topological polar surface area (TPSA) is 46.6 Å². The zero-order valence-electron chi connectivity index (χ0n) is 10.8. The monoisotopic (exact) mass is 271 g/mol. The number of aryl methyl sites for hydroxylation is 1. The van der Waals surface area contributed by atoms with Gasteiger partial charge in [0, 0.05) is 13.5 Å². The van der Waals surface area contributed by atoms with Crippen molar-refractivity contribution in [1.29, 1.82) is 0 Å². The van der Waals surface area contributed by atoms with Crippen molar-refractivity contribution in [2.45, 2.75) is 12.8 Å². The number of carbonyl (C=O) groups excluding carboxylic acids is 2. The molecule has 1 rings (SSSR count). The summed E-state index contributed by atoms with van der Waals surface area (Å²) in [5.74, 6) is -2.63. The summed E-state index contributed by atoms with van der Waals surface area (Å²) in [6, 6.07) is 3.50. The average Bonchev–Trinajstić information content (AvgIpc) is 2.39. The van der Waals surface area contributed by atoms with Crippen molar-refractivity contribution in [3.05, 3.63) is 35.4 Å². The molecule has 0 spiro atoms. The van der Waals surface area contributed by atoms with Gasteiger partial charge in [-0.05, 0) is 24.1 Å². The molecule has 19 heavy (non-hydrogen) atoms. The predicted octanol–water partition coefficient (Wildman–Crippen LogP) is 1.53. The van der Waals surface area contributed by atoms with Crippen molar-refractivity contribution in [2.75, 3.05) is 20.7 Å². The second-order valence-electron chi connectivity index (χ2n) is 4.07. The lowest BCUT2D eigenvalue weighted by Crippen LogP contribution is -2.32. The molecule has 0 fully saturated rings. The zero-order valence-corrected chi connectivity index (χ0v) is 10.8. The van der Waals surface area contributed by atoms with Crippen LogP contribution in [0.4, 0.5) is 8.78 Å². The number of esters is 1. The number of hydrogen-bond donors (Lipinski definition) is 0. The minimum Gasteiger partial charge on any atom is -0.468 e. The Hall–Kier alpha value is -1.98. The van der Waals surface area contributed by atoms with Gasteiger partial charge in [0.25, 0.3) is 0 Å². The molecule has 0 N–H and O–H groups in total. The lowest BCUT2D eigenvalue weighted by molar-refractivity contribution is -0.146. The predicted molar refractivity (Wildman–Crippen MR) is 64.3 cm³/mol. The maximum atomic E-state index is 12.9. The van der Waals surface area contributed by atoms with E-state index in [0.717, 1.165) is 12.1 Å². The smallest absolute Gasteiger partial charge is 0.325 e. The van der Waals surface area contributed by atoms with E-state index in [2.05, 4.69) is 4.74 Å². The zero-order chi connectivity index (χ0) is 14.4. The Morgan fingerprint density at radius 1 is 1.26 bits per heavy atom. The molecule has 0 aromatic heterocycles. The van der Waals surface area contributed by atoms with Crippen molar-refractivity contribution in [3.8, 4) is 0 Å². The van der Waals surface area contributed by atoms with Crippen LogP contribution in [0.25, 0.3) is 0 Å². The molecule has 1 aromatic rings. The van der Waals surface area contributed by atoms with Crippen LogP contribution in [0.2, 0.25) is 0 Å². The number of amides is 1. The third-order valence-corrected chi connectivity index (χ3v) is 2.63. The highest BCUT2D eigenvalue weighted by atomic mass is 19.2. The van der Waals surface area contributed by atoms with Crippen LogP contribution >= 0.6 is 0 Å². The van der Waals surface area contributed by atoms with Crippen molar-refractivity contribution < 1.29 is 23.1 Å². The number of rotatable bonds is 5. The van der Waals surface area contributed by atoms with Gasteiger partial charge in [-0.25, -0.2) is 8.78 Å². The normalized spacial score (nSPS) is 10.1. The molecule has 0 heterocycles. The third kappa shape index (κ3) is 4.65. The second kappa shape index (κ2) is 6.82. The minimum absolute atomic E-state index is 0.110. The Morgan fingerprint density at radius 2 is 1.95 bits per heavy atom. The van der Waals surface area contributed by atoms with E-state index in [1.807, 2.05) is 0 Å². The number of nitrogens with zero attached hydrogens (tertiary/aromatic N) is 1. The summed E-state index contributed by atoms with van der Waals surface area (Å²) in [5.41, 5.74) is 0.527. The standard InChI is InChI=1S/C13H15F2NO3/c1-16(8-13(18)19-2)12(17)6-4-9-3-5-10(14)11(15)7-9/h3,5,7H,4,6,8H2,1-2H3. The number of likely N-dealkylation sites (N-methyl/N-ethyl adjacent to an activating group) is 1. The number of carbonyl (C=O) groups is 2. The summed E-state index contributed by atoms with van der Waals surface area (Å²) in [5, 5.41) is 0. The Balaban J connectivity index is 2.49. The molecule has 0 atom stereocenters. The van der Waals surface area contributed by atoms with Crippen molar-refractivity contribution in [2.24, 2.45) is 0 Å². The molecule has 4 nitrogen and oxygen atoms in total. The van der Waals surface area contributed by atoms with Gasteiger partial charge >= 0.3 is 5.97 Å². The fraction of sp³-hybridized carbons (Fsp3) is 0.385. The molecular weight excluding hydrogens is 256 g/mol. The number of methoxy groups -OCH3 is 1. The molecule has 0 saturated heterocycles. The summed E-state index contributed by atoms with van der Waals surface area (Å²) in [7, 11) is 2.71. The van der Waals surface area contributed by atoms with Crippen LogP contribution in [-0.4, -0.2) is 37.5 Å². The van der Waals surface area contributed by atoms with Gasteiger partial charge in [0.05, 0.1) is 7.11 Å². The van der Waals surface area contributed by atoms with E-state index < -0.39 is 17.6 Å². The maximum Gasteiger partial charge on any atom is 0.325 e. The molecule has 0 bridgehead atoms. The largest absolute Gasteiger partial charge is 0.468 e. The van der Waals surface area contributed by atoms with Gasteiger partial charge in [-0.2, -0.15) is 0 Å². The van der Waals surface area contributed by atoms with Crippen LogP contribution in [0.5, 0.6) is 0 Å². The van der Waals surface area contributed by atoms with Gasteiger partial charge in [-0.3, -0.25) is 9.59 Å². The molecule has 0 saturated carbocycles. The summed E-state index contributed by atoms with van der Waals surface area (Å²) in [6.45, 7) is -0.132. The van der Waals surface area contributed by atoms with Crippen molar-refractivity contribution in [3.63, 3.8) is 0 Å². The first-order valence-electron chi connectivity index (χ1n) is 5.68. The summed E-state index contributed by atoms with van der Waals surface area (Å²) in [4.78, 5) is 23.9. The Labute approximate surface area is 110 Å². The molecule has 0 radical (unpaired) electrons. The second-order valence-corrected chi connectivity index (χ2v) is 4.07. The number of benzene rings is 1. The van der Waals surface area contributed by atoms with Gasteiger partial charge in [-0.1, -0.05) is 6.07 Å². The average molecular weight is 271 g/mol. The van der Waals surface area contributed by atoms with Gasteiger partial charge in [0.1, 0.15) is 6.54 Å². The Morgan fingerprint density at radius 3 is 2.53 bits per heavy atom. The highest BCUT2D eigenvalue weighted by Gasteiger charge is 2.13. The molecule has 1 aromatic carbocycles. The van der Waals surface area contributed by atoms with Crippen LogP contribution in [0, 0.1) is 11.6 Å². The molecule has 6 heteroatoms. The van der Waals surface area contributed by atoms with E-state index in [1.54, 1.807) is 0 Å². The lowest BCUT2D eigenvalue weighted by atomic mass is 10.1. The molecule has 0 aliphatic rings. The number of hydrogen-bond acceptors (Lipinski definition) is 3. The maximum absolute atomic E-state index is 12.9. The van der Waals surface area contributed by atoms with E-state index >= 15 is 0 Å². The van der Waals surface area contributed by atoms with Gasteiger partial charge < -0.3 is 9.64 Å². The van der Waals surface area contributed by atoms with E-state index in [4.69, 9.17) is 0 Å². The molecule has 0 unspecified atom stereocenters. The first-order chi connectivity index (χ1) is 8.93. The van der Waals surface area contributed by atoms with E-state index in [-0.39, 0.29) is 25.3 Å². The molecular formula is C13H15F2NO3. The van der Waals surface area contributed by atoms with Gasteiger partial charge in [0.2, 0.25) is 5.91 Å². The molecule has 1 amide bonds. The molecule has 0 aliphatic carbocycles. The molecule has 104 valence electrons. The Kier molecular flexibility index (Phi) is 5.41. The molecule has 0 aliphatic heterocycles. The minimum atomic E-state index is -0.937.